The molecule has 1 fully saturated rings. The molecular weight excluding hydrogens is 228 g/mol. The molecule has 1 saturated heterocycles. The average molecular weight is 254 g/mol. The van der Waals surface area contributed by atoms with E-state index in [0.29, 0.717) is 25.6 Å². The molecule has 0 aromatic rings. The molecule has 1 aliphatic rings. The van der Waals surface area contributed by atoms with Crippen LogP contribution in [0.4, 0.5) is 0 Å². The van der Waals surface area contributed by atoms with Crippen LogP contribution in [0.5, 0.6) is 0 Å². The van der Waals surface area contributed by atoms with Crippen LogP contribution in [0, 0.1) is 5.92 Å². The van der Waals surface area contributed by atoms with Crippen molar-refractivity contribution >= 4 is 5.91 Å². The largest absolute Gasteiger partial charge is 0.395 e. The summed E-state index contributed by atoms with van der Waals surface area (Å²) in [5.74, 6) is 0.604. The van der Waals surface area contributed by atoms with Crippen LogP contribution < -0.4 is 0 Å². The van der Waals surface area contributed by atoms with Crippen LogP contribution in [0.25, 0.3) is 0 Å². The highest BCUT2D eigenvalue weighted by atomic mass is 16.3. The standard InChI is InChI=1S/C14H26N2O2/c1-5-15(8-11(2)3)14(18)9-16-7-6-12(4)13(16)10-17/h12-13,17H,2,5-10H2,1,3-4H3. The van der Waals surface area contributed by atoms with Crippen molar-refractivity contribution in [3.05, 3.63) is 12.2 Å². The molecule has 1 aliphatic heterocycles. The number of aliphatic hydroxyl groups excluding tert-OH is 1. The van der Waals surface area contributed by atoms with Crippen LogP contribution in [0.1, 0.15) is 27.2 Å². The van der Waals surface area contributed by atoms with E-state index in [1.807, 2.05) is 18.7 Å². The average Bonchev–Trinajstić information content (AvgIpc) is 2.66. The summed E-state index contributed by atoms with van der Waals surface area (Å²) in [6, 6.07) is 0.137. The molecule has 1 rings (SSSR count). The molecule has 2 atom stereocenters. The number of hydrogen-bond donors (Lipinski definition) is 1. The number of likely N-dealkylation sites (N-methyl/N-ethyl adjacent to an activating group) is 1. The monoisotopic (exact) mass is 254 g/mol. The minimum atomic E-state index is 0.132. The van der Waals surface area contributed by atoms with Crippen molar-refractivity contribution in [1.82, 2.24) is 9.80 Å². The zero-order valence-electron chi connectivity index (χ0n) is 11.9. The lowest BCUT2D eigenvalue weighted by Gasteiger charge is -2.28. The zero-order valence-corrected chi connectivity index (χ0v) is 11.9. The fraction of sp³-hybridized carbons (Fsp3) is 0.786. The van der Waals surface area contributed by atoms with Gasteiger partial charge in [-0.15, -0.1) is 0 Å². The summed E-state index contributed by atoms with van der Waals surface area (Å²) in [6.07, 6.45) is 1.06. The quantitative estimate of drug-likeness (QED) is 0.722. The van der Waals surface area contributed by atoms with Crippen molar-refractivity contribution in [3.63, 3.8) is 0 Å². The van der Waals surface area contributed by atoms with Crippen LogP contribution in [-0.2, 0) is 4.79 Å². The van der Waals surface area contributed by atoms with E-state index in [-0.39, 0.29) is 18.6 Å². The lowest BCUT2D eigenvalue weighted by Crippen LogP contribution is -2.44. The minimum Gasteiger partial charge on any atom is -0.395 e. The Morgan fingerprint density at radius 1 is 1.56 bits per heavy atom. The Bertz CT molecular complexity index is 304. The number of aliphatic hydroxyl groups is 1. The highest BCUT2D eigenvalue weighted by Gasteiger charge is 2.32. The number of carbonyl (C=O) groups excluding carboxylic acids is 1. The predicted octanol–water partition coefficient (Wildman–Crippen LogP) is 1.11. The lowest BCUT2D eigenvalue weighted by atomic mass is 10.0. The molecule has 1 heterocycles. The molecule has 1 N–H and O–H groups in total. The number of nitrogens with zero attached hydrogens (tertiary/aromatic N) is 2. The molecule has 1 amide bonds. The van der Waals surface area contributed by atoms with Gasteiger partial charge in [0, 0.05) is 19.1 Å². The van der Waals surface area contributed by atoms with Gasteiger partial charge in [0.15, 0.2) is 0 Å². The normalized spacial score (nSPS) is 24.2. The molecule has 4 nitrogen and oxygen atoms in total. The molecule has 0 spiro atoms. The summed E-state index contributed by atoms with van der Waals surface area (Å²) in [6.45, 7) is 12.7. The van der Waals surface area contributed by atoms with Gasteiger partial charge >= 0.3 is 0 Å². The first-order valence-corrected chi connectivity index (χ1v) is 6.76. The van der Waals surface area contributed by atoms with Crippen molar-refractivity contribution in [2.75, 3.05) is 32.8 Å². The smallest absolute Gasteiger partial charge is 0.237 e. The molecule has 2 unspecified atom stereocenters. The Morgan fingerprint density at radius 3 is 2.72 bits per heavy atom. The first-order chi connectivity index (χ1) is 8.49. The maximum Gasteiger partial charge on any atom is 0.237 e. The highest BCUT2D eigenvalue weighted by Crippen LogP contribution is 2.23. The second-order valence-electron chi connectivity index (χ2n) is 5.35. The van der Waals surface area contributed by atoms with Gasteiger partial charge in [-0.05, 0) is 32.7 Å². The van der Waals surface area contributed by atoms with E-state index >= 15 is 0 Å². The zero-order chi connectivity index (χ0) is 13.7. The van der Waals surface area contributed by atoms with E-state index in [4.69, 9.17) is 0 Å². The Balaban J connectivity index is 2.55. The molecule has 4 heteroatoms. The molecule has 0 aromatic carbocycles. The molecular formula is C14H26N2O2. The predicted molar refractivity (Wildman–Crippen MR) is 73.3 cm³/mol. The number of amides is 1. The number of carbonyl (C=O) groups is 1. The van der Waals surface area contributed by atoms with E-state index < -0.39 is 0 Å². The minimum absolute atomic E-state index is 0.132. The number of hydrogen-bond acceptors (Lipinski definition) is 3. The molecule has 104 valence electrons. The lowest BCUT2D eigenvalue weighted by molar-refractivity contribution is -0.132. The molecule has 0 bridgehead atoms. The van der Waals surface area contributed by atoms with E-state index in [2.05, 4.69) is 18.4 Å². The van der Waals surface area contributed by atoms with Crippen molar-refractivity contribution in [2.45, 2.75) is 33.2 Å². The second kappa shape index (κ2) is 6.90. The highest BCUT2D eigenvalue weighted by molar-refractivity contribution is 5.78. The summed E-state index contributed by atoms with van der Waals surface area (Å²) in [5.41, 5.74) is 0.999. The summed E-state index contributed by atoms with van der Waals surface area (Å²) in [5, 5.41) is 9.38. The van der Waals surface area contributed by atoms with E-state index in [1.165, 1.54) is 0 Å². The number of likely N-dealkylation sites (tertiary alicyclic amines) is 1. The first kappa shape index (κ1) is 15.2. The molecule has 18 heavy (non-hydrogen) atoms. The van der Waals surface area contributed by atoms with Crippen molar-refractivity contribution < 1.29 is 9.90 Å². The number of rotatable bonds is 6. The Labute approximate surface area is 110 Å². The van der Waals surface area contributed by atoms with Gasteiger partial charge < -0.3 is 10.0 Å². The fourth-order valence-electron chi connectivity index (χ4n) is 2.56. The van der Waals surface area contributed by atoms with Crippen LogP contribution in [0.2, 0.25) is 0 Å². The Kier molecular flexibility index (Phi) is 5.82. The summed E-state index contributed by atoms with van der Waals surface area (Å²) in [4.78, 5) is 16.1. The maximum absolute atomic E-state index is 12.2. The van der Waals surface area contributed by atoms with Gasteiger partial charge in [-0.1, -0.05) is 19.1 Å². The molecule has 0 saturated carbocycles. The van der Waals surface area contributed by atoms with Gasteiger partial charge in [0.1, 0.15) is 0 Å². The molecule has 0 aromatic heterocycles. The van der Waals surface area contributed by atoms with E-state index in [9.17, 15) is 9.90 Å². The Morgan fingerprint density at radius 2 is 2.22 bits per heavy atom. The van der Waals surface area contributed by atoms with Crippen LogP contribution in [-0.4, -0.2) is 59.6 Å². The SMILES string of the molecule is C=C(C)CN(CC)C(=O)CN1CCC(C)C1CO. The van der Waals surface area contributed by atoms with E-state index in [0.717, 1.165) is 18.5 Å². The molecule has 0 radical (unpaired) electrons. The summed E-state index contributed by atoms with van der Waals surface area (Å²) < 4.78 is 0. The van der Waals surface area contributed by atoms with Crippen molar-refractivity contribution in [2.24, 2.45) is 5.92 Å². The van der Waals surface area contributed by atoms with Crippen molar-refractivity contribution in [1.29, 1.82) is 0 Å². The van der Waals surface area contributed by atoms with Crippen molar-refractivity contribution in [3.8, 4) is 0 Å². The van der Waals surface area contributed by atoms with Gasteiger partial charge in [-0.3, -0.25) is 9.69 Å². The van der Waals surface area contributed by atoms with Gasteiger partial charge in [0.2, 0.25) is 5.91 Å². The molecule has 0 aliphatic carbocycles. The van der Waals surface area contributed by atoms with Gasteiger partial charge in [-0.25, -0.2) is 0 Å². The van der Waals surface area contributed by atoms with Gasteiger partial charge in [0.05, 0.1) is 13.2 Å². The summed E-state index contributed by atoms with van der Waals surface area (Å²) in [7, 11) is 0. The van der Waals surface area contributed by atoms with Crippen LogP contribution in [0.15, 0.2) is 12.2 Å². The first-order valence-electron chi connectivity index (χ1n) is 6.76. The second-order valence-corrected chi connectivity index (χ2v) is 5.35. The van der Waals surface area contributed by atoms with Gasteiger partial charge in [-0.2, -0.15) is 0 Å². The van der Waals surface area contributed by atoms with Gasteiger partial charge in [0.25, 0.3) is 0 Å². The topological polar surface area (TPSA) is 43.8 Å². The summed E-state index contributed by atoms with van der Waals surface area (Å²) >= 11 is 0. The Hall–Kier alpha value is -0.870. The third kappa shape index (κ3) is 3.82. The van der Waals surface area contributed by atoms with Crippen LogP contribution >= 0.6 is 0 Å². The third-order valence-corrected chi connectivity index (χ3v) is 3.72. The van der Waals surface area contributed by atoms with Crippen LogP contribution in [0.3, 0.4) is 0 Å². The van der Waals surface area contributed by atoms with E-state index in [1.54, 1.807) is 0 Å². The third-order valence-electron chi connectivity index (χ3n) is 3.72. The maximum atomic E-state index is 12.2. The fourth-order valence-corrected chi connectivity index (χ4v) is 2.56.